The van der Waals surface area contributed by atoms with Gasteiger partial charge in [0, 0.05) is 20.1 Å². The molecule has 1 aliphatic heterocycles. The summed E-state index contributed by atoms with van der Waals surface area (Å²) in [6, 6.07) is 0. The fraction of sp³-hybridized carbons (Fsp3) is 0.750. The van der Waals surface area contributed by atoms with Gasteiger partial charge < -0.3 is 9.64 Å². The summed E-state index contributed by atoms with van der Waals surface area (Å²) in [4.78, 5) is 25.4. The first kappa shape index (κ1) is 9.83. The zero-order chi connectivity index (χ0) is 9.84. The molecule has 1 saturated heterocycles. The minimum Gasteiger partial charge on any atom is -0.450 e. The number of piperazine rings is 1. The van der Waals surface area contributed by atoms with E-state index in [1.165, 1.54) is 4.90 Å². The van der Waals surface area contributed by atoms with Crippen molar-refractivity contribution >= 4 is 12.0 Å². The van der Waals surface area contributed by atoms with Gasteiger partial charge in [-0.05, 0) is 6.92 Å². The van der Waals surface area contributed by atoms with Gasteiger partial charge in [0.2, 0.25) is 5.91 Å². The molecule has 5 heteroatoms. The molecule has 0 saturated carbocycles. The van der Waals surface area contributed by atoms with E-state index in [0.29, 0.717) is 19.7 Å². The summed E-state index contributed by atoms with van der Waals surface area (Å²) < 4.78 is 4.78. The maximum atomic E-state index is 11.2. The highest BCUT2D eigenvalue weighted by atomic mass is 16.6. The highest BCUT2D eigenvalue weighted by Crippen LogP contribution is 2.02. The summed E-state index contributed by atoms with van der Waals surface area (Å²) >= 11 is 0. The van der Waals surface area contributed by atoms with Crippen molar-refractivity contribution in [1.29, 1.82) is 0 Å². The first-order chi connectivity index (χ1) is 6.15. The lowest BCUT2D eigenvalue weighted by Gasteiger charge is -2.31. The standard InChI is InChI=1S/C8H14N2O3/c1-3-13-8(12)10-5-4-9(2)7(11)6-10/h3-6H2,1-2H3. The Morgan fingerprint density at radius 1 is 1.54 bits per heavy atom. The van der Waals surface area contributed by atoms with Crippen LogP contribution in [0.25, 0.3) is 0 Å². The monoisotopic (exact) mass is 186 g/mol. The number of hydrogen-bond acceptors (Lipinski definition) is 3. The second-order valence-corrected chi connectivity index (χ2v) is 2.94. The Balaban J connectivity index is 2.45. The molecule has 0 aliphatic carbocycles. The van der Waals surface area contributed by atoms with E-state index < -0.39 is 6.09 Å². The molecule has 0 bridgehead atoms. The Morgan fingerprint density at radius 3 is 2.77 bits per heavy atom. The summed E-state index contributed by atoms with van der Waals surface area (Å²) in [5.41, 5.74) is 0. The van der Waals surface area contributed by atoms with E-state index in [1.807, 2.05) is 0 Å². The molecule has 0 aromatic heterocycles. The molecule has 0 unspecified atom stereocenters. The summed E-state index contributed by atoms with van der Waals surface area (Å²) in [7, 11) is 1.73. The number of ether oxygens (including phenoxy) is 1. The maximum absolute atomic E-state index is 11.2. The molecule has 0 aromatic carbocycles. The van der Waals surface area contributed by atoms with Gasteiger partial charge in [0.1, 0.15) is 6.54 Å². The van der Waals surface area contributed by atoms with Gasteiger partial charge in [0.15, 0.2) is 0 Å². The smallest absolute Gasteiger partial charge is 0.410 e. The molecule has 1 aliphatic rings. The molecule has 0 aromatic rings. The lowest BCUT2D eigenvalue weighted by molar-refractivity contribution is -0.133. The Labute approximate surface area is 77.2 Å². The van der Waals surface area contributed by atoms with Gasteiger partial charge >= 0.3 is 6.09 Å². The van der Waals surface area contributed by atoms with E-state index >= 15 is 0 Å². The van der Waals surface area contributed by atoms with Crippen LogP contribution in [0.1, 0.15) is 6.92 Å². The molecule has 74 valence electrons. The summed E-state index contributed by atoms with van der Waals surface area (Å²) in [5, 5.41) is 0. The zero-order valence-corrected chi connectivity index (χ0v) is 7.95. The average molecular weight is 186 g/mol. The Morgan fingerprint density at radius 2 is 2.23 bits per heavy atom. The molecule has 1 fully saturated rings. The highest BCUT2D eigenvalue weighted by molar-refractivity contribution is 5.83. The van der Waals surface area contributed by atoms with Crippen LogP contribution in [0.15, 0.2) is 0 Å². The molecular formula is C8H14N2O3. The van der Waals surface area contributed by atoms with E-state index in [2.05, 4.69) is 0 Å². The zero-order valence-electron chi connectivity index (χ0n) is 7.95. The molecule has 0 radical (unpaired) electrons. The molecular weight excluding hydrogens is 172 g/mol. The van der Waals surface area contributed by atoms with E-state index in [1.54, 1.807) is 18.9 Å². The number of rotatable bonds is 1. The molecule has 2 amide bonds. The summed E-state index contributed by atoms with van der Waals surface area (Å²) in [6.45, 7) is 3.36. The van der Waals surface area contributed by atoms with Crippen LogP contribution in [-0.4, -0.2) is 55.1 Å². The van der Waals surface area contributed by atoms with Crippen LogP contribution in [0, 0.1) is 0 Å². The summed E-state index contributed by atoms with van der Waals surface area (Å²) in [6.07, 6.45) is -0.399. The van der Waals surface area contributed by atoms with Crippen molar-refractivity contribution in [1.82, 2.24) is 9.80 Å². The molecule has 0 atom stereocenters. The Kier molecular flexibility index (Phi) is 3.11. The fourth-order valence-corrected chi connectivity index (χ4v) is 1.13. The lowest BCUT2D eigenvalue weighted by Crippen LogP contribution is -2.50. The van der Waals surface area contributed by atoms with Crippen LogP contribution in [0.2, 0.25) is 0 Å². The van der Waals surface area contributed by atoms with Gasteiger partial charge in [-0.1, -0.05) is 0 Å². The van der Waals surface area contributed by atoms with Crippen LogP contribution < -0.4 is 0 Å². The van der Waals surface area contributed by atoms with Gasteiger partial charge in [-0.25, -0.2) is 4.79 Å². The quantitative estimate of drug-likeness (QED) is 0.575. The first-order valence-electron chi connectivity index (χ1n) is 4.30. The van der Waals surface area contributed by atoms with E-state index in [0.717, 1.165) is 0 Å². The maximum Gasteiger partial charge on any atom is 0.410 e. The number of amides is 2. The Bertz CT molecular complexity index is 217. The minimum atomic E-state index is -0.399. The highest BCUT2D eigenvalue weighted by Gasteiger charge is 2.25. The molecule has 1 rings (SSSR count). The second-order valence-electron chi connectivity index (χ2n) is 2.94. The van der Waals surface area contributed by atoms with Crippen LogP contribution in [0.4, 0.5) is 4.79 Å². The van der Waals surface area contributed by atoms with Crippen molar-refractivity contribution in [2.75, 3.05) is 33.3 Å². The van der Waals surface area contributed by atoms with Crippen molar-refractivity contribution in [3.63, 3.8) is 0 Å². The van der Waals surface area contributed by atoms with Crippen LogP contribution in [0.5, 0.6) is 0 Å². The van der Waals surface area contributed by atoms with Crippen LogP contribution >= 0.6 is 0 Å². The van der Waals surface area contributed by atoms with Gasteiger partial charge in [0.25, 0.3) is 0 Å². The predicted octanol–water partition coefficient (Wildman–Crippen LogP) is -0.0831. The molecule has 5 nitrogen and oxygen atoms in total. The SMILES string of the molecule is CCOC(=O)N1CCN(C)C(=O)C1. The molecule has 0 N–H and O–H groups in total. The van der Waals surface area contributed by atoms with E-state index in [4.69, 9.17) is 4.74 Å². The third-order valence-corrected chi connectivity index (χ3v) is 1.98. The number of likely N-dealkylation sites (N-methyl/N-ethyl adjacent to an activating group) is 1. The van der Waals surface area contributed by atoms with Crippen molar-refractivity contribution in [2.45, 2.75) is 6.92 Å². The van der Waals surface area contributed by atoms with Crippen LogP contribution in [0.3, 0.4) is 0 Å². The van der Waals surface area contributed by atoms with Crippen molar-refractivity contribution in [2.24, 2.45) is 0 Å². The van der Waals surface area contributed by atoms with Gasteiger partial charge in [-0.3, -0.25) is 9.69 Å². The third-order valence-electron chi connectivity index (χ3n) is 1.98. The Hall–Kier alpha value is -1.26. The van der Waals surface area contributed by atoms with Gasteiger partial charge in [0.05, 0.1) is 6.61 Å². The molecule has 1 heterocycles. The van der Waals surface area contributed by atoms with Crippen LogP contribution in [-0.2, 0) is 9.53 Å². The predicted molar refractivity (Wildman–Crippen MR) is 46.2 cm³/mol. The topological polar surface area (TPSA) is 49.9 Å². The number of hydrogen-bond donors (Lipinski definition) is 0. The molecule has 13 heavy (non-hydrogen) atoms. The van der Waals surface area contributed by atoms with Crippen molar-refractivity contribution < 1.29 is 14.3 Å². The van der Waals surface area contributed by atoms with Crippen molar-refractivity contribution in [3.05, 3.63) is 0 Å². The second kappa shape index (κ2) is 4.11. The fourth-order valence-electron chi connectivity index (χ4n) is 1.13. The largest absolute Gasteiger partial charge is 0.450 e. The summed E-state index contributed by atoms with van der Waals surface area (Å²) in [5.74, 6) is -0.0423. The van der Waals surface area contributed by atoms with E-state index in [-0.39, 0.29) is 12.5 Å². The third kappa shape index (κ3) is 2.34. The van der Waals surface area contributed by atoms with Gasteiger partial charge in [-0.15, -0.1) is 0 Å². The number of carbonyl (C=O) groups excluding carboxylic acids is 2. The normalized spacial score (nSPS) is 17.5. The number of carbonyl (C=O) groups is 2. The number of nitrogens with zero attached hydrogens (tertiary/aromatic N) is 2. The average Bonchev–Trinajstić information content (AvgIpc) is 2.10. The minimum absolute atomic E-state index is 0.0423. The molecule has 0 spiro atoms. The van der Waals surface area contributed by atoms with Gasteiger partial charge in [-0.2, -0.15) is 0 Å². The van der Waals surface area contributed by atoms with E-state index in [9.17, 15) is 9.59 Å². The lowest BCUT2D eigenvalue weighted by atomic mass is 10.3. The van der Waals surface area contributed by atoms with Crippen molar-refractivity contribution in [3.8, 4) is 0 Å². The first-order valence-corrected chi connectivity index (χ1v) is 4.30.